The molecule has 0 spiro atoms. The molecule has 2 aliphatic heterocycles. The number of likely N-dealkylation sites (N-methyl/N-ethyl adjacent to an activating group) is 1. The summed E-state index contributed by atoms with van der Waals surface area (Å²) in [6, 6.07) is 4.93. The second-order valence-corrected chi connectivity index (χ2v) is 6.32. The lowest BCUT2D eigenvalue weighted by atomic mass is 10.0. The Morgan fingerprint density at radius 2 is 2.06 bits per heavy atom. The van der Waals surface area contributed by atoms with Gasteiger partial charge < -0.3 is 9.80 Å². The van der Waals surface area contributed by atoms with E-state index in [0.717, 1.165) is 17.8 Å². The smallest absolute Gasteiger partial charge is 0.264 e. The topological polar surface area (TPSA) is 23.6 Å². The van der Waals surface area contributed by atoms with Crippen LogP contribution in [0.5, 0.6) is 0 Å². The summed E-state index contributed by atoms with van der Waals surface area (Å²) in [7, 11) is 2.20. The van der Waals surface area contributed by atoms with E-state index in [2.05, 4.69) is 16.8 Å². The third-order valence-electron chi connectivity index (χ3n) is 4.31. The number of hydrogen-bond acceptors (Lipinski definition) is 3. The maximum absolute atomic E-state index is 12.5. The third-order valence-corrected chi connectivity index (χ3v) is 5.17. The highest BCUT2D eigenvalue weighted by atomic mass is 32.1. The number of carbonyl (C=O) groups is 1. The number of likely N-dealkylation sites (tertiary alicyclic amines) is 2. The predicted molar refractivity (Wildman–Crippen MR) is 74.0 cm³/mol. The zero-order chi connectivity index (χ0) is 12.5. The molecule has 0 aromatic carbocycles. The van der Waals surface area contributed by atoms with Crippen LogP contribution in [0.4, 0.5) is 0 Å². The van der Waals surface area contributed by atoms with Crippen LogP contribution in [0.25, 0.3) is 0 Å². The molecule has 0 N–H and O–H groups in total. The summed E-state index contributed by atoms with van der Waals surface area (Å²) >= 11 is 1.56. The molecule has 2 aliphatic rings. The molecule has 0 unspecified atom stereocenters. The lowest BCUT2D eigenvalue weighted by Crippen LogP contribution is -2.46. The van der Waals surface area contributed by atoms with Gasteiger partial charge in [0.1, 0.15) is 0 Å². The molecule has 2 saturated heterocycles. The van der Waals surface area contributed by atoms with Crippen molar-refractivity contribution in [2.75, 3.05) is 20.1 Å². The Balaban J connectivity index is 1.77. The first-order valence-electron chi connectivity index (χ1n) is 6.82. The van der Waals surface area contributed by atoms with E-state index < -0.39 is 0 Å². The van der Waals surface area contributed by atoms with Crippen LogP contribution in [0.2, 0.25) is 0 Å². The van der Waals surface area contributed by atoms with E-state index >= 15 is 0 Å². The summed E-state index contributed by atoms with van der Waals surface area (Å²) in [6.07, 6.45) is 4.85. The van der Waals surface area contributed by atoms with Gasteiger partial charge >= 0.3 is 0 Å². The van der Waals surface area contributed by atoms with Crippen LogP contribution in [-0.4, -0.2) is 47.9 Å². The van der Waals surface area contributed by atoms with Crippen LogP contribution in [0, 0.1) is 0 Å². The van der Waals surface area contributed by atoms with Gasteiger partial charge in [-0.05, 0) is 50.7 Å². The van der Waals surface area contributed by atoms with Crippen LogP contribution in [0.1, 0.15) is 35.4 Å². The van der Waals surface area contributed by atoms with Crippen molar-refractivity contribution >= 4 is 17.2 Å². The van der Waals surface area contributed by atoms with Gasteiger partial charge in [0.25, 0.3) is 5.91 Å². The second kappa shape index (κ2) is 5.02. The van der Waals surface area contributed by atoms with Gasteiger partial charge in [0.05, 0.1) is 4.88 Å². The Kier molecular flexibility index (Phi) is 3.39. The Hall–Kier alpha value is -0.870. The average molecular weight is 264 g/mol. The van der Waals surface area contributed by atoms with E-state index in [1.54, 1.807) is 11.3 Å². The summed E-state index contributed by atoms with van der Waals surface area (Å²) < 4.78 is 0. The molecule has 2 fully saturated rings. The highest BCUT2D eigenvalue weighted by molar-refractivity contribution is 7.12. The fourth-order valence-corrected chi connectivity index (χ4v) is 4.09. The van der Waals surface area contributed by atoms with Crippen molar-refractivity contribution < 1.29 is 4.79 Å². The Labute approximate surface area is 112 Å². The second-order valence-electron chi connectivity index (χ2n) is 5.38. The van der Waals surface area contributed by atoms with Gasteiger partial charge in [-0.15, -0.1) is 11.3 Å². The molecule has 1 aromatic heterocycles. The number of hydrogen-bond donors (Lipinski definition) is 0. The molecule has 18 heavy (non-hydrogen) atoms. The molecule has 3 nitrogen and oxygen atoms in total. The Bertz CT molecular complexity index is 417. The maximum Gasteiger partial charge on any atom is 0.264 e. The molecule has 4 heteroatoms. The molecule has 0 bridgehead atoms. The molecular weight excluding hydrogens is 244 g/mol. The van der Waals surface area contributed by atoms with E-state index in [4.69, 9.17) is 0 Å². The fourth-order valence-electron chi connectivity index (χ4n) is 3.41. The molecule has 3 rings (SSSR count). The minimum absolute atomic E-state index is 0.243. The fraction of sp³-hybridized carbons (Fsp3) is 0.643. The van der Waals surface area contributed by atoms with Crippen LogP contribution in [0.15, 0.2) is 17.5 Å². The average Bonchev–Trinajstić information content (AvgIpc) is 3.09. The zero-order valence-electron chi connectivity index (χ0n) is 10.8. The number of thiophene rings is 1. The molecule has 0 saturated carbocycles. The van der Waals surface area contributed by atoms with Crippen LogP contribution >= 0.6 is 11.3 Å². The maximum atomic E-state index is 12.5. The van der Waals surface area contributed by atoms with Gasteiger partial charge in [0, 0.05) is 18.6 Å². The molecule has 98 valence electrons. The number of amides is 1. The van der Waals surface area contributed by atoms with E-state index in [-0.39, 0.29) is 5.91 Å². The van der Waals surface area contributed by atoms with Gasteiger partial charge in [-0.3, -0.25) is 4.79 Å². The van der Waals surface area contributed by atoms with Crippen molar-refractivity contribution in [1.82, 2.24) is 9.80 Å². The molecule has 3 heterocycles. The van der Waals surface area contributed by atoms with Crippen molar-refractivity contribution in [3.05, 3.63) is 22.4 Å². The van der Waals surface area contributed by atoms with Gasteiger partial charge in [-0.2, -0.15) is 0 Å². The minimum Gasteiger partial charge on any atom is -0.333 e. The van der Waals surface area contributed by atoms with E-state index in [1.807, 2.05) is 17.5 Å². The Morgan fingerprint density at radius 3 is 2.72 bits per heavy atom. The van der Waals surface area contributed by atoms with Crippen LogP contribution < -0.4 is 0 Å². The number of rotatable bonds is 2. The molecule has 0 aliphatic carbocycles. The Morgan fingerprint density at radius 1 is 1.28 bits per heavy atom. The van der Waals surface area contributed by atoms with Crippen molar-refractivity contribution in [2.45, 2.75) is 37.8 Å². The van der Waals surface area contributed by atoms with Crippen molar-refractivity contribution in [2.24, 2.45) is 0 Å². The highest BCUT2D eigenvalue weighted by Crippen LogP contribution is 2.30. The first-order chi connectivity index (χ1) is 8.77. The molecule has 1 amide bonds. The first kappa shape index (κ1) is 12.2. The monoisotopic (exact) mass is 264 g/mol. The molecular formula is C14H20N2OS. The summed E-state index contributed by atoms with van der Waals surface area (Å²) in [5.74, 6) is 0.243. The van der Waals surface area contributed by atoms with E-state index in [0.29, 0.717) is 12.1 Å². The quantitative estimate of drug-likeness (QED) is 0.819. The summed E-state index contributed by atoms with van der Waals surface area (Å²) in [5.41, 5.74) is 0. The minimum atomic E-state index is 0.243. The van der Waals surface area contributed by atoms with Crippen molar-refractivity contribution in [1.29, 1.82) is 0 Å². The first-order valence-corrected chi connectivity index (χ1v) is 7.70. The zero-order valence-corrected chi connectivity index (χ0v) is 11.7. The van der Waals surface area contributed by atoms with Crippen molar-refractivity contribution in [3.63, 3.8) is 0 Å². The van der Waals surface area contributed by atoms with Crippen molar-refractivity contribution in [3.8, 4) is 0 Å². The molecule has 1 aromatic rings. The van der Waals surface area contributed by atoms with Crippen LogP contribution in [-0.2, 0) is 0 Å². The van der Waals surface area contributed by atoms with E-state index in [9.17, 15) is 4.79 Å². The van der Waals surface area contributed by atoms with Gasteiger partial charge in [0.15, 0.2) is 0 Å². The standard InChI is InChI=1S/C14H20N2OS/c1-15-8-2-5-11(15)12-6-3-9-16(12)14(17)13-7-4-10-18-13/h4,7,10-12H,2-3,5-6,8-9H2,1H3/t11-,12-/m0/s1. The number of nitrogens with zero attached hydrogens (tertiary/aromatic N) is 2. The highest BCUT2D eigenvalue weighted by Gasteiger charge is 2.38. The van der Waals surface area contributed by atoms with E-state index in [1.165, 1.54) is 25.8 Å². The molecule has 2 atom stereocenters. The lowest BCUT2D eigenvalue weighted by Gasteiger charge is -2.33. The van der Waals surface area contributed by atoms with Gasteiger partial charge in [0.2, 0.25) is 0 Å². The number of carbonyl (C=O) groups excluding carboxylic acids is 1. The van der Waals surface area contributed by atoms with Crippen LogP contribution in [0.3, 0.4) is 0 Å². The lowest BCUT2D eigenvalue weighted by molar-refractivity contribution is 0.0669. The van der Waals surface area contributed by atoms with Gasteiger partial charge in [-0.1, -0.05) is 6.07 Å². The summed E-state index contributed by atoms with van der Waals surface area (Å²) in [5, 5.41) is 1.99. The predicted octanol–water partition coefficient (Wildman–Crippen LogP) is 2.45. The SMILES string of the molecule is CN1CCC[C@H]1[C@@H]1CCCN1C(=O)c1cccs1. The molecule has 0 radical (unpaired) electrons. The normalized spacial score (nSPS) is 29.1. The van der Waals surface area contributed by atoms with Gasteiger partial charge in [-0.25, -0.2) is 0 Å². The summed E-state index contributed by atoms with van der Waals surface area (Å²) in [4.78, 5) is 17.9. The summed E-state index contributed by atoms with van der Waals surface area (Å²) in [6.45, 7) is 2.12. The third kappa shape index (κ3) is 2.08. The largest absolute Gasteiger partial charge is 0.333 e.